The van der Waals surface area contributed by atoms with Crippen LogP contribution in [0.3, 0.4) is 0 Å². The fourth-order valence-corrected chi connectivity index (χ4v) is 10.5. The molecule has 2 unspecified atom stereocenters. The molecule has 0 aromatic heterocycles. The number of carbonyl (C=O) groups is 1. The molecule has 3 N–H and O–H groups in total. The van der Waals surface area contributed by atoms with Gasteiger partial charge in [-0.1, -0.05) is 49.6 Å². The zero-order valence-corrected chi connectivity index (χ0v) is 28.5. The number of hydrogen-bond acceptors (Lipinski definition) is 6. The van der Waals surface area contributed by atoms with Crippen molar-refractivity contribution in [3.05, 3.63) is 82.8 Å². The van der Waals surface area contributed by atoms with E-state index in [1.54, 1.807) is 23.2 Å². The molecule has 0 spiro atoms. The molecule has 5 aliphatic rings. The summed E-state index contributed by atoms with van der Waals surface area (Å²) in [5.74, 6) is -0.467. The van der Waals surface area contributed by atoms with Crippen molar-refractivity contribution in [1.82, 2.24) is 15.8 Å². The first-order valence-electron chi connectivity index (χ1n) is 17.2. The number of hydrazine groups is 1. The minimum atomic E-state index is -6.31. The number of allylic oxidation sites excluding steroid dienone is 1. The molecule has 2 atom stereocenters. The molecule has 7 nitrogen and oxygen atoms in total. The predicted molar refractivity (Wildman–Crippen MR) is 175 cm³/mol. The van der Waals surface area contributed by atoms with E-state index in [0.29, 0.717) is 31.5 Å². The molecule has 1 amide bonds. The maximum Gasteiger partial charge on any atom is 0.435 e. The minimum absolute atomic E-state index is 0.00382. The molecule has 2 aromatic carbocycles. The Balaban J connectivity index is 0.000000677. The highest BCUT2D eigenvalue weighted by Crippen LogP contribution is 2.57. The average molecular weight is 744 g/mol. The van der Waals surface area contributed by atoms with Gasteiger partial charge in [-0.2, -0.15) is 26.3 Å². The largest absolute Gasteiger partial charge is 0.516 e. The van der Waals surface area contributed by atoms with Crippen LogP contribution in [0.2, 0.25) is 0 Å². The lowest BCUT2D eigenvalue weighted by Gasteiger charge is -2.43. The maximum atomic E-state index is 15.1. The second kappa shape index (κ2) is 13.8. The Labute approximate surface area is 291 Å². The fourth-order valence-electron chi connectivity index (χ4n) is 8.17. The van der Waals surface area contributed by atoms with E-state index in [-0.39, 0.29) is 53.7 Å². The van der Waals surface area contributed by atoms with Crippen molar-refractivity contribution >= 4 is 21.3 Å². The van der Waals surface area contributed by atoms with Gasteiger partial charge in [0.2, 0.25) is 5.91 Å². The van der Waals surface area contributed by atoms with Gasteiger partial charge in [0.25, 0.3) is 0 Å². The molecular weight excluding hydrogens is 703 g/mol. The van der Waals surface area contributed by atoms with Crippen LogP contribution in [-0.4, -0.2) is 55.8 Å². The Morgan fingerprint density at radius 1 is 0.882 bits per heavy atom. The highest BCUT2D eigenvalue weighted by molar-refractivity contribution is 7.92. The second-order valence-corrected chi connectivity index (χ2v) is 16.1. The van der Waals surface area contributed by atoms with E-state index < -0.39 is 44.2 Å². The van der Waals surface area contributed by atoms with E-state index in [0.717, 1.165) is 49.3 Å². The Bertz CT molecular complexity index is 1780. The van der Waals surface area contributed by atoms with Crippen molar-refractivity contribution in [2.75, 3.05) is 13.1 Å². The van der Waals surface area contributed by atoms with E-state index in [1.807, 2.05) is 0 Å². The van der Waals surface area contributed by atoms with E-state index in [9.17, 15) is 39.6 Å². The van der Waals surface area contributed by atoms with Gasteiger partial charge in [0, 0.05) is 30.8 Å². The zero-order valence-electron chi connectivity index (χ0n) is 27.7. The Kier molecular flexibility index (Phi) is 10.0. The van der Waals surface area contributed by atoms with E-state index in [2.05, 4.69) is 10.9 Å². The first kappa shape index (κ1) is 37.2. The van der Waals surface area contributed by atoms with Gasteiger partial charge in [-0.3, -0.25) is 4.79 Å². The smallest absolute Gasteiger partial charge is 0.435 e. The lowest BCUT2D eigenvalue weighted by atomic mass is 9.76. The first-order valence-corrected chi connectivity index (χ1v) is 18.7. The lowest BCUT2D eigenvalue weighted by Crippen LogP contribution is -2.53. The number of alkyl halides is 7. The summed E-state index contributed by atoms with van der Waals surface area (Å²) >= 11 is 0. The van der Waals surface area contributed by atoms with E-state index >= 15 is 4.39 Å². The topological polar surface area (TPSA) is 98.7 Å². The third kappa shape index (κ3) is 6.31. The molecular formula is C36H40F7N3O4S. The molecule has 3 fully saturated rings. The van der Waals surface area contributed by atoms with Crippen LogP contribution in [0, 0.1) is 5.92 Å². The maximum absolute atomic E-state index is 15.1. The van der Waals surface area contributed by atoms with Crippen LogP contribution in [0.25, 0.3) is 5.57 Å². The fraction of sp³-hybridized carbons (Fsp3) is 0.528. The molecule has 51 heavy (non-hydrogen) atoms. The van der Waals surface area contributed by atoms with Gasteiger partial charge in [-0.05, 0) is 91.3 Å². The average Bonchev–Trinajstić information content (AvgIpc) is 3.76. The SMILES string of the molecule is O=C(C1CCCCC1)N1CCC2(S(=O)(=O)c3ccc(C4=CNNC4)cc3)c3ccc(C(F)(C(F)(F)F)C(F)(F)F)cc3CCC12.OC=C1CCC1. The number of aryl methyl sites for hydroxylation is 1. The summed E-state index contributed by atoms with van der Waals surface area (Å²) in [6, 6.07) is 6.97. The van der Waals surface area contributed by atoms with Crippen LogP contribution in [0.1, 0.15) is 86.5 Å². The Hall–Kier alpha value is -3.59. The number of halogens is 7. The van der Waals surface area contributed by atoms with Crippen molar-refractivity contribution < 1.29 is 49.1 Å². The molecule has 7 rings (SSSR count). The summed E-state index contributed by atoms with van der Waals surface area (Å²) in [5.41, 5.74) is 1.18. The van der Waals surface area contributed by atoms with Gasteiger partial charge in [0.1, 0.15) is 4.75 Å². The van der Waals surface area contributed by atoms with E-state index in [1.165, 1.54) is 30.4 Å². The molecule has 2 heterocycles. The van der Waals surface area contributed by atoms with Crippen molar-refractivity contribution in [1.29, 1.82) is 0 Å². The number of carbonyl (C=O) groups excluding carboxylic acids is 1. The summed E-state index contributed by atoms with van der Waals surface area (Å²) in [6.45, 7) is 0.554. The van der Waals surface area contributed by atoms with Crippen LogP contribution in [0.15, 0.2) is 65.4 Å². The van der Waals surface area contributed by atoms with Gasteiger partial charge in [-0.25, -0.2) is 18.2 Å². The summed E-state index contributed by atoms with van der Waals surface area (Å²) in [5, 5.41) is 8.22. The Morgan fingerprint density at radius 3 is 2.08 bits per heavy atom. The molecule has 278 valence electrons. The zero-order chi connectivity index (χ0) is 36.8. The monoisotopic (exact) mass is 743 g/mol. The number of amides is 1. The van der Waals surface area contributed by atoms with E-state index in [4.69, 9.17) is 5.11 Å². The second-order valence-electron chi connectivity index (χ2n) is 13.9. The molecule has 2 aromatic rings. The molecule has 0 bridgehead atoms. The lowest BCUT2D eigenvalue weighted by molar-refractivity contribution is -0.348. The van der Waals surface area contributed by atoms with Gasteiger partial charge < -0.3 is 15.4 Å². The molecule has 2 aliphatic heterocycles. The number of rotatable bonds is 5. The van der Waals surface area contributed by atoms with Crippen molar-refractivity contribution in [3.8, 4) is 0 Å². The number of nitrogens with one attached hydrogen (secondary N) is 2. The molecule has 0 radical (unpaired) electrons. The van der Waals surface area contributed by atoms with Crippen molar-refractivity contribution in [2.24, 2.45) is 5.92 Å². The van der Waals surface area contributed by atoms with Crippen LogP contribution < -0.4 is 10.9 Å². The molecule has 15 heteroatoms. The number of likely N-dealkylation sites (tertiary alicyclic amines) is 1. The highest BCUT2D eigenvalue weighted by atomic mass is 32.2. The third-order valence-corrected chi connectivity index (χ3v) is 13.7. The predicted octanol–water partition coefficient (Wildman–Crippen LogP) is 7.83. The van der Waals surface area contributed by atoms with Crippen LogP contribution in [-0.2, 0) is 31.5 Å². The third-order valence-electron chi connectivity index (χ3n) is 11.1. The number of benzene rings is 2. The molecule has 2 saturated carbocycles. The number of hydrogen-bond donors (Lipinski definition) is 3. The quantitative estimate of drug-likeness (QED) is 0.214. The van der Waals surface area contributed by atoms with Gasteiger partial charge in [0.05, 0.1) is 17.2 Å². The summed E-state index contributed by atoms with van der Waals surface area (Å²) in [4.78, 5) is 15.3. The Morgan fingerprint density at radius 2 is 1.55 bits per heavy atom. The van der Waals surface area contributed by atoms with Crippen LogP contribution in [0.5, 0.6) is 0 Å². The van der Waals surface area contributed by atoms with Crippen molar-refractivity contribution in [2.45, 2.75) is 104 Å². The number of aliphatic hydroxyl groups is 1. The van der Waals surface area contributed by atoms with Crippen LogP contribution >= 0.6 is 0 Å². The number of nitrogens with zero attached hydrogens (tertiary/aromatic N) is 1. The molecule has 1 saturated heterocycles. The number of aliphatic hydroxyl groups excluding tert-OH is 1. The summed E-state index contributed by atoms with van der Waals surface area (Å²) < 4.78 is 124. The summed E-state index contributed by atoms with van der Waals surface area (Å²) in [6.07, 6.45) is -2.36. The number of fused-ring (bicyclic) bond motifs is 3. The van der Waals surface area contributed by atoms with Crippen LogP contribution in [0.4, 0.5) is 30.7 Å². The minimum Gasteiger partial charge on any atom is -0.516 e. The highest BCUT2D eigenvalue weighted by Gasteiger charge is 2.74. The number of sulfone groups is 1. The normalized spacial score (nSPS) is 24.0. The van der Waals surface area contributed by atoms with Gasteiger partial charge >= 0.3 is 18.0 Å². The van der Waals surface area contributed by atoms with Gasteiger partial charge in [0.15, 0.2) is 9.84 Å². The van der Waals surface area contributed by atoms with Gasteiger partial charge in [-0.15, -0.1) is 0 Å². The van der Waals surface area contributed by atoms with Crippen molar-refractivity contribution in [3.63, 3.8) is 0 Å². The molecule has 3 aliphatic carbocycles. The summed E-state index contributed by atoms with van der Waals surface area (Å²) in [7, 11) is -4.40. The standard InChI is InChI=1S/C31H32F7N3O3S.C5H8O/c32-29(30(33,34)35,31(36,37)38)23-9-12-25-21(16-23)8-13-26-28(25,14-15-41(26)27(42)20-4-2-1-3-5-20)45(43,44)24-10-6-19(7-11-24)22-17-39-40-18-22;6-4-5-2-1-3-5/h6-7,9-12,16-17,20,26,39-40H,1-5,8,13-15,18H2;4,6H,1-3H2. The first-order chi connectivity index (χ1) is 24.1.